The number of rotatable bonds is 6. The number of halogens is 3. The Morgan fingerprint density at radius 3 is 2.36 bits per heavy atom. The average molecular weight is 540 g/mol. The van der Waals surface area contributed by atoms with Gasteiger partial charge >= 0.3 is 6.18 Å². The first-order valence-corrected chi connectivity index (χ1v) is 12.4. The van der Waals surface area contributed by atoms with Crippen molar-refractivity contribution in [3.63, 3.8) is 0 Å². The van der Waals surface area contributed by atoms with Gasteiger partial charge < -0.3 is 15.3 Å². The van der Waals surface area contributed by atoms with Crippen molar-refractivity contribution in [1.29, 1.82) is 5.26 Å². The number of benzene rings is 2. The topological polar surface area (TPSA) is 111 Å². The van der Waals surface area contributed by atoms with Crippen molar-refractivity contribution in [3.05, 3.63) is 82.7 Å². The summed E-state index contributed by atoms with van der Waals surface area (Å²) in [6.07, 6.45) is -4.25. The number of hydrogen-bond donors (Lipinski definition) is 2. The molecule has 1 aliphatic heterocycles. The molecular weight excluding hydrogens is 511 g/mol. The molecule has 1 aliphatic rings. The minimum atomic E-state index is -4.79. The molecule has 8 nitrogen and oxygen atoms in total. The van der Waals surface area contributed by atoms with Crippen molar-refractivity contribution in [2.24, 2.45) is 13.0 Å². The van der Waals surface area contributed by atoms with E-state index < -0.39 is 34.7 Å². The van der Waals surface area contributed by atoms with Crippen LogP contribution in [0.4, 0.5) is 18.9 Å². The largest absolute Gasteiger partial charge is 0.417 e. The van der Waals surface area contributed by atoms with Gasteiger partial charge in [0.1, 0.15) is 11.3 Å². The van der Waals surface area contributed by atoms with Gasteiger partial charge in [-0.3, -0.25) is 14.3 Å². The Morgan fingerprint density at radius 1 is 1.13 bits per heavy atom. The first kappa shape index (κ1) is 27.9. The van der Waals surface area contributed by atoms with Crippen LogP contribution in [0, 0.1) is 24.2 Å². The summed E-state index contributed by atoms with van der Waals surface area (Å²) in [5.74, 6) is -1.63. The van der Waals surface area contributed by atoms with Gasteiger partial charge in [0.2, 0.25) is 0 Å². The minimum absolute atomic E-state index is 0.0678. The zero-order valence-electron chi connectivity index (χ0n) is 21.5. The highest BCUT2D eigenvalue weighted by atomic mass is 19.4. The second-order valence-corrected chi connectivity index (χ2v) is 9.77. The molecule has 0 radical (unpaired) electrons. The van der Waals surface area contributed by atoms with Crippen LogP contribution in [0.1, 0.15) is 45.7 Å². The second-order valence-electron chi connectivity index (χ2n) is 9.77. The number of alkyl halides is 3. The SMILES string of the molecule is Cc1cc(C(=O)N2CCC(C(O)(Cc3ccccc3)C(=O)Nc3ccc(C#N)c(C(F)(F)F)c3)CC2)n(C)n1. The molecule has 1 unspecified atom stereocenters. The molecule has 0 bridgehead atoms. The third-order valence-electron chi connectivity index (χ3n) is 7.09. The highest BCUT2D eigenvalue weighted by molar-refractivity contribution is 5.98. The number of carbonyl (C=O) groups excluding carboxylic acids is 2. The summed E-state index contributed by atoms with van der Waals surface area (Å²) in [6.45, 7) is 2.36. The maximum Gasteiger partial charge on any atom is 0.417 e. The molecule has 3 aromatic rings. The minimum Gasteiger partial charge on any atom is -0.379 e. The Morgan fingerprint density at radius 2 is 1.79 bits per heavy atom. The number of nitrogens with one attached hydrogen (secondary N) is 1. The maximum absolute atomic E-state index is 13.5. The Bertz CT molecular complexity index is 1410. The van der Waals surface area contributed by atoms with Crippen molar-refractivity contribution in [1.82, 2.24) is 14.7 Å². The lowest BCUT2D eigenvalue weighted by Gasteiger charge is -2.40. The Hall–Kier alpha value is -4.17. The van der Waals surface area contributed by atoms with E-state index >= 15 is 0 Å². The van der Waals surface area contributed by atoms with E-state index in [2.05, 4.69) is 10.4 Å². The number of anilines is 1. The molecule has 0 saturated carbocycles. The summed E-state index contributed by atoms with van der Waals surface area (Å²) in [5.41, 5.74) is -2.07. The summed E-state index contributed by atoms with van der Waals surface area (Å²) in [6, 6.07) is 14.9. The zero-order chi connectivity index (χ0) is 28.4. The number of nitrogens with zero attached hydrogens (tertiary/aromatic N) is 4. The lowest BCUT2D eigenvalue weighted by Crippen LogP contribution is -2.54. The van der Waals surface area contributed by atoms with Gasteiger partial charge in [-0.25, -0.2) is 0 Å². The van der Waals surface area contributed by atoms with Crippen LogP contribution in [0.25, 0.3) is 0 Å². The Balaban J connectivity index is 1.57. The predicted octanol–water partition coefficient (Wildman–Crippen LogP) is 4.08. The van der Waals surface area contributed by atoms with Crippen LogP contribution >= 0.6 is 0 Å². The second kappa shape index (κ2) is 10.9. The van der Waals surface area contributed by atoms with Crippen molar-refractivity contribution in [2.45, 2.75) is 38.0 Å². The van der Waals surface area contributed by atoms with Crippen molar-refractivity contribution >= 4 is 17.5 Å². The number of carbonyl (C=O) groups is 2. The molecule has 0 aliphatic carbocycles. The third kappa shape index (κ3) is 5.96. The number of amides is 2. The molecule has 0 spiro atoms. The normalized spacial score (nSPS) is 15.9. The highest BCUT2D eigenvalue weighted by Crippen LogP contribution is 2.36. The lowest BCUT2D eigenvalue weighted by atomic mass is 9.76. The molecule has 2 N–H and O–H groups in total. The van der Waals surface area contributed by atoms with Gasteiger partial charge in [0.05, 0.1) is 22.9 Å². The summed E-state index contributed by atoms with van der Waals surface area (Å²) in [4.78, 5) is 28.2. The van der Waals surface area contributed by atoms with E-state index in [1.165, 1.54) is 16.8 Å². The van der Waals surface area contributed by atoms with Gasteiger partial charge in [-0.2, -0.15) is 23.5 Å². The van der Waals surface area contributed by atoms with E-state index in [4.69, 9.17) is 5.26 Å². The molecule has 2 aromatic carbocycles. The zero-order valence-corrected chi connectivity index (χ0v) is 21.5. The van der Waals surface area contributed by atoms with Crippen LogP contribution in [0.15, 0.2) is 54.6 Å². The summed E-state index contributed by atoms with van der Waals surface area (Å²) in [7, 11) is 1.68. The van der Waals surface area contributed by atoms with Crippen LogP contribution in [0.5, 0.6) is 0 Å². The van der Waals surface area contributed by atoms with Crippen molar-refractivity contribution in [3.8, 4) is 6.07 Å². The van der Waals surface area contributed by atoms with Gasteiger partial charge in [-0.1, -0.05) is 30.3 Å². The summed E-state index contributed by atoms with van der Waals surface area (Å²) in [5, 5.41) is 27.5. The van der Waals surface area contributed by atoms with Crippen LogP contribution in [-0.2, 0) is 24.4 Å². The summed E-state index contributed by atoms with van der Waals surface area (Å²) >= 11 is 0. The van der Waals surface area contributed by atoms with E-state index in [1.807, 2.05) is 0 Å². The molecule has 2 amide bonds. The number of likely N-dealkylation sites (tertiary alicyclic amines) is 1. The van der Waals surface area contributed by atoms with E-state index in [9.17, 15) is 27.9 Å². The number of hydrogen-bond acceptors (Lipinski definition) is 5. The molecule has 39 heavy (non-hydrogen) atoms. The summed E-state index contributed by atoms with van der Waals surface area (Å²) < 4.78 is 41.9. The fourth-order valence-electron chi connectivity index (χ4n) is 5.04. The number of aromatic nitrogens is 2. The van der Waals surface area contributed by atoms with Crippen LogP contribution in [0.3, 0.4) is 0 Å². The van der Waals surface area contributed by atoms with E-state index in [0.717, 1.165) is 6.07 Å². The van der Waals surface area contributed by atoms with Gasteiger partial charge in [0, 0.05) is 38.2 Å². The molecule has 1 aromatic heterocycles. The van der Waals surface area contributed by atoms with Gasteiger partial charge in [-0.15, -0.1) is 0 Å². The standard InChI is InChI=1S/C28H28F3N5O3/c1-18-14-24(35(2)34-18)25(37)36-12-10-21(11-13-36)27(39,16-19-6-4-3-5-7-19)26(38)33-22-9-8-20(17-32)23(15-22)28(29,30)31/h3-9,14-15,21,39H,10-13,16H2,1-2H3,(H,33,38). The van der Waals surface area contributed by atoms with Crippen molar-refractivity contribution < 1.29 is 27.9 Å². The molecule has 1 saturated heterocycles. The van der Waals surface area contributed by atoms with Crippen LogP contribution < -0.4 is 5.32 Å². The molecule has 1 fully saturated rings. The molecule has 2 heterocycles. The maximum atomic E-state index is 13.5. The highest BCUT2D eigenvalue weighted by Gasteiger charge is 2.46. The van der Waals surface area contributed by atoms with Crippen molar-refractivity contribution in [2.75, 3.05) is 18.4 Å². The molecular formula is C28H28F3N5O3. The monoisotopic (exact) mass is 539 g/mol. The first-order valence-electron chi connectivity index (χ1n) is 12.4. The van der Waals surface area contributed by atoms with E-state index in [1.54, 1.807) is 55.3 Å². The van der Waals surface area contributed by atoms with Gasteiger partial charge in [0.15, 0.2) is 0 Å². The van der Waals surface area contributed by atoms with Gasteiger partial charge in [-0.05, 0) is 49.6 Å². The van der Waals surface area contributed by atoms with Crippen LogP contribution in [-0.4, -0.2) is 50.3 Å². The smallest absolute Gasteiger partial charge is 0.379 e. The average Bonchev–Trinajstić information content (AvgIpc) is 3.25. The lowest BCUT2D eigenvalue weighted by molar-refractivity contribution is -0.142. The quantitative estimate of drug-likeness (QED) is 0.490. The predicted molar refractivity (Wildman–Crippen MR) is 136 cm³/mol. The van der Waals surface area contributed by atoms with Crippen LogP contribution in [0.2, 0.25) is 0 Å². The Labute approximate surface area is 223 Å². The third-order valence-corrected chi connectivity index (χ3v) is 7.09. The van der Waals surface area contributed by atoms with E-state index in [-0.39, 0.29) is 31.1 Å². The fourth-order valence-corrected chi connectivity index (χ4v) is 5.04. The number of aliphatic hydroxyl groups is 1. The molecule has 11 heteroatoms. The molecule has 4 rings (SSSR count). The Kier molecular flexibility index (Phi) is 7.79. The number of aryl methyl sites for hydroxylation is 2. The van der Waals surface area contributed by atoms with Gasteiger partial charge in [0.25, 0.3) is 11.8 Å². The number of piperidine rings is 1. The fraction of sp³-hybridized carbons (Fsp3) is 0.357. The first-order chi connectivity index (χ1) is 18.4. The van der Waals surface area contributed by atoms with E-state index in [0.29, 0.717) is 35.9 Å². The molecule has 204 valence electrons. The number of nitriles is 1. The molecule has 1 atom stereocenters.